The van der Waals surface area contributed by atoms with E-state index in [2.05, 4.69) is 23.4 Å². The number of carbonyl (C=O) groups is 1. The minimum atomic E-state index is -0.114. The molecule has 0 aromatic carbocycles. The first-order valence-corrected chi connectivity index (χ1v) is 10.4. The number of nitrogens with one attached hydrogen (secondary N) is 1. The molecule has 0 saturated heterocycles. The van der Waals surface area contributed by atoms with Crippen molar-refractivity contribution in [2.75, 3.05) is 6.54 Å². The van der Waals surface area contributed by atoms with Gasteiger partial charge in [0.15, 0.2) is 0 Å². The maximum Gasteiger partial charge on any atom is 0.226 e. The fourth-order valence-corrected chi connectivity index (χ4v) is 6.52. The lowest BCUT2D eigenvalue weighted by atomic mass is 9.49. The van der Waals surface area contributed by atoms with E-state index in [1.165, 1.54) is 19.3 Å². The monoisotopic (exact) mass is 367 g/mol. The Balaban J connectivity index is 1.35. The fourth-order valence-electron chi connectivity index (χ4n) is 6.52. The maximum atomic E-state index is 13.3. The molecule has 4 aliphatic carbocycles. The molecule has 2 heterocycles. The number of hydrogen-bond acceptors (Lipinski definition) is 3. The molecule has 0 aliphatic heterocycles. The van der Waals surface area contributed by atoms with Gasteiger partial charge in [-0.2, -0.15) is 5.10 Å². The highest BCUT2D eigenvalue weighted by atomic mass is 16.3. The van der Waals surface area contributed by atoms with Gasteiger partial charge in [0.1, 0.15) is 11.8 Å². The number of rotatable bonds is 5. The molecule has 2 aromatic heterocycles. The summed E-state index contributed by atoms with van der Waals surface area (Å²) < 4.78 is 7.66. The van der Waals surface area contributed by atoms with Crippen LogP contribution in [0.15, 0.2) is 28.9 Å². The summed E-state index contributed by atoms with van der Waals surface area (Å²) in [5, 5.41) is 7.95. The van der Waals surface area contributed by atoms with Crippen molar-refractivity contribution in [1.29, 1.82) is 0 Å². The van der Waals surface area contributed by atoms with Gasteiger partial charge in [0.25, 0.3) is 0 Å². The van der Waals surface area contributed by atoms with Crippen molar-refractivity contribution in [3.05, 3.63) is 41.6 Å². The van der Waals surface area contributed by atoms with Crippen molar-refractivity contribution in [3.63, 3.8) is 0 Å². The van der Waals surface area contributed by atoms with Crippen LogP contribution in [0.2, 0.25) is 0 Å². The SMILES string of the molecule is Cc1cc(C)n(C(CNC(=O)C23CC4CC(CC(C4)C2)C3)c2ccco2)n1. The van der Waals surface area contributed by atoms with Crippen LogP contribution in [0.25, 0.3) is 0 Å². The van der Waals surface area contributed by atoms with Crippen LogP contribution in [-0.2, 0) is 4.79 Å². The second-order valence-electron chi connectivity index (χ2n) is 9.31. The van der Waals surface area contributed by atoms with E-state index in [1.807, 2.05) is 23.7 Å². The molecular weight excluding hydrogens is 338 g/mol. The number of nitrogens with zero attached hydrogens (tertiary/aromatic N) is 2. The summed E-state index contributed by atoms with van der Waals surface area (Å²) in [6.07, 6.45) is 9.03. The largest absolute Gasteiger partial charge is 0.467 e. The van der Waals surface area contributed by atoms with Gasteiger partial charge in [-0.1, -0.05) is 0 Å². The van der Waals surface area contributed by atoms with E-state index < -0.39 is 0 Å². The molecule has 2 aromatic rings. The zero-order chi connectivity index (χ0) is 18.6. The topological polar surface area (TPSA) is 60.1 Å². The van der Waals surface area contributed by atoms with Crippen LogP contribution >= 0.6 is 0 Å². The minimum absolute atomic E-state index is 0.105. The van der Waals surface area contributed by atoms with Gasteiger partial charge in [-0.3, -0.25) is 9.48 Å². The number of hydrogen-bond donors (Lipinski definition) is 1. The third kappa shape index (κ3) is 2.91. The Kier molecular flexibility index (Phi) is 3.95. The van der Waals surface area contributed by atoms with E-state index in [9.17, 15) is 4.79 Å². The van der Waals surface area contributed by atoms with E-state index in [0.717, 1.165) is 54.2 Å². The van der Waals surface area contributed by atoms with E-state index in [4.69, 9.17) is 4.42 Å². The van der Waals surface area contributed by atoms with E-state index in [-0.39, 0.29) is 17.4 Å². The van der Waals surface area contributed by atoms with Crippen molar-refractivity contribution in [3.8, 4) is 0 Å². The minimum Gasteiger partial charge on any atom is -0.467 e. The zero-order valence-corrected chi connectivity index (χ0v) is 16.3. The summed E-state index contributed by atoms with van der Waals surface area (Å²) in [6.45, 7) is 4.57. The highest BCUT2D eigenvalue weighted by Gasteiger charge is 2.54. The summed E-state index contributed by atoms with van der Waals surface area (Å²) in [5.41, 5.74) is 1.95. The number of aromatic nitrogens is 2. The normalized spacial score (nSPS) is 32.6. The first-order chi connectivity index (χ1) is 13.0. The van der Waals surface area contributed by atoms with Gasteiger partial charge in [-0.05, 0) is 88.3 Å². The zero-order valence-electron chi connectivity index (χ0n) is 16.3. The standard InChI is InChI=1S/C22H29N3O2/c1-14-6-15(2)25(24-14)19(20-4-3-5-27-20)13-23-21(26)22-10-16-7-17(11-22)9-18(8-16)12-22/h3-6,16-19H,7-13H2,1-2H3,(H,23,26). The van der Waals surface area contributed by atoms with Gasteiger partial charge in [0, 0.05) is 17.7 Å². The van der Waals surface area contributed by atoms with Crippen LogP contribution < -0.4 is 5.32 Å². The molecular formula is C22H29N3O2. The second kappa shape index (κ2) is 6.25. The third-order valence-corrected chi connectivity index (χ3v) is 7.19. The number of amides is 1. The van der Waals surface area contributed by atoms with Crippen LogP contribution in [0.5, 0.6) is 0 Å². The maximum absolute atomic E-state index is 13.3. The van der Waals surface area contributed by atoms with Crippen molar-refractivity contribution in [1.82, 2.24) is 15.1 Å². The Morgan fingerprint density at radius 2 is 1.93 bits per heavy atom. The summed E-state index contributed by atoms with van der Waals surface area (Å²) in [6, 6.07) is 5.83. The fraction of sp³-hybridized carbons (Fsp3) is 0.636. The quantitative estimate of drug-likeness (QED) is 0.868. The van der Waals surface area contributed by atoms with Crippen LogP contribution in [0, 0.1) is 37.0 Å². The molecule has 0 spiro atoms. The molecule has 4 bridgehead atoms. The number of furan rings is 1. The van der Waals surface area contributed by atoms with E-state index in [0.29, 0.717) is 6.54 Å². The molecule has 1 amide bonds. The molecule has 1 unspecified atom stereocenters. The van der Waals surface area contributed by atoms with Gasteiger partial charge >= 0.3 is 0 Å². The lowest BCUT2D eigenvalue weighted by Gasteiger charge is -2.55. The van der Waals surface area contributed by atoms with E-state index >= 15 is 0 Å². The predicted octanol–water partition coefficient (Wildman–Crippen LogP) is 4.01. The van der Waals surface area contributed by atoms with E-state index in [1.54, 1.807) is 6.26 Å². The highest BCUT2D eigenvalue weighted by Crippen LogP contribution is 2.60. The second-order valence-corrected chi connectivity index (χ2v) is 9.31. The number of aryl methyl sites for hydroxylation is 2. The van der Waals surface area contributed by atoms with Crippen LogP contribution in [0.3, 0.4) is 0 Å². The Labute approximate surface area is 160 Å². The predicted molar refractivity (Wildman–Crippen MR) is 102 cm³/mol. The van der Waals surface area contributed by atoms with Gasteiger partial charge in [0.2, 0.25) is 5.91 Å². The summed E-state index contributed by atoms with van der Waals surface area (Å²) in [7, 11) is 0. The molecule has 1 N–H and O–H groups in total. The first kappa shape index (κ1) is 17.1. The summed E-state index contributed by atoms with van der Waals surface area (Å²) in [5.74, 6) is 3.43. The Morgan fingerprint density at radius 3 is 2.44 bits per heavy atom. The Hall–Kier alpha value is -2.04. The molecule has 5 nitrogen and oxygen atoms in total. The molecule has 4 saturated carbocycles. The third-order valence-electron chi connectivity index (χ3n) is 7.19. The van der Waals surface area contributed by atoms with Crippen molar-refractivity contribution in [2.24, 2.45) is 23.2 Å². The Morgan fingerprint density at radius 1 is 1.26 bits per heavy atom. The van der Waals surface area contributed by atoms with Gasteiger partial charge in [0.05, 0.1) is 12.0 Å². The van der Waals surface area contributed by atoms with Crippen molar-refractivity contribution < 1.29 is 9.21 Å². The highest BCUT2D eigenvalue weighted by molar-refractivity contribution is 5.83. The average molecular weight is 367 g/mol. The molecule has 4 fully saturated rings. The van der Waals surface area contributed by atoms with Crippen molar-refractivity contribution >= 4 is 5.91 Å². The van der Waals surface area contributed by atoms with Gasteiger partial charge in [-0.25, -0.2) is 0 Å². The lowest BCUT2D eigenvalue weighted by Crippen LogP contribution is -2.54. The van der Waals surface area contributed by atoms with Crippen LogP contribution in [0.1, 0.15) is 61.7 Å². The average Bonchev–Trinajstić information content (AvgIpc) is 3.24. The van der Waals surface area contributed by atoms with Gasteiger partial charge < -0.3 is 9.73 Å². The molecule has 144 valence electrons. The molecule has 6 rings (SSSR count). The molecule has 5 heteroatoms. The van der Waals surface area contributed by atoms with Crippen molar-refractivity contribution in [2.45, 2.75) is 58.4 Å². The van der Waals surface area contributed by atoms with Crippen LogP contribution in [-0.4, -0.2) is 22.2 Å². The van der Waals surface area contributed by atoms with Gasteiger partial charge in [-0.15, -0.1) is 0 Å². The molecule has 4 aliphatic rings. The first-order valence-electron chi connectivity index (χ1n) is 10.4. The molecule has 0 radical (unpaired) electrons. The summed E-state index contributed by atoms with van der Waals surface area (Å²) >= 11 is 0. The molecule has 27 heavy (non-hydrogen) atoms. The smallest absolute Gasteiger partial charge is 0.226 e. The molecule has 1 atom stereocenters. The lowest BCUT2D eigenvalue weighted by molar-refractivity contribution is -0.146. The number of carbonyl (C=O) groups excluding carboxylic acids is 1. The summed E-state index contributed by atoms with van der Waals surface area (Å²) in [4.78, 5) is 13.3. The van der Waals surface area contributed by atoms with Crippen LogP contribution in [0.4, 0.5) is 0 Å². The Bertz CT molecular complexity index is 801.